The van der Waals surface area contributed by atoms with E-state index in [0.29, 0.717) is 21.4 Å². The number of anilines is 2. The fraction of sp³-hybridized carbons (Fsp3) is 0.176. The predicted molar refractivity (Wildman–Crippen MR) is 91.9 cm³/mol. The Labute approximate surface area is 142 Å². The summed E-state index contributed by atoms with van der Waals surface area (Å²) in [6.07, 6.45) is 0.128. The first kappa shape index (κ1) is 17.1. The Hall–Kier alpha value is -2.21. The molecule has 0 atom stereocenters. The van der Waals surface area contributed by atoms with Crippen molar-refractivity contribution in [3.63, 3.8) is 0 Å². The standard InChI is InChI=1S/C17H16BrFN2O2/c1-10-3-5-13(20-11(2)22)9-16(10)21-17(23)8-12-4-6-15(19)14(18)7-12/h3-7,9H,8H2,1-2H3,(H,20,22)(H,21,23). The van der Waals surface area contributed by atoms with E-state index in [-0.39, 0.29) is 24.1 Å². The summed E-state index contributed by atoms with van der Waals surface area (Å²) in [5.41, 5.74) is 2.82. The van der Waals surface area contributed by atoms with Crippen molar-refractivity contribution < 1.29 is 14.0 Å². The van der Waals surface area contributed by atoms with Gasteiger partial charge in [0.25, 0.3) is 0 Å². The quantitative estimate of drug-likeness (QED) is 0.843. The Balaban J connectivity index is 2.10. The van der Waals surface area contributed by atoms with Crippen LogP contribution in [0.1, 0.15) is 18.1 Å². The topological polar surface area (TPSA) is 58.2 Å². The van der Waals surface area contributed by atoms with Gasteiger partial charge in [0.1, 0.15) is 5.82 Å². The average molecular weight is 379 g/mol. The molecule has 0 heterocycles. The Kier molecular flexibility index (Phi) is 5.50. The third-order valence-corrected chi connectivity index (χ3v) is 3.79. The summed E-state index contributed by atoms with van der Waals surface area (Å²) < 4.78 is 13.5. The van der Waals surface area contributed by atoms with Crippen LogP contribution in [0.15, 0.2) is 40.9 Å². The first-order valence-electron chi connectivity index (χ1n) is 6.97. The Morgan fingerprint density at radius 1 is 1.13 bits per heavy atom. The van der Waals surface area contributed by atoms with E-state index in [1.54, 1.807) is 24.3 Å². The van der Waals surface area contributed by atoms with Crippen molar-refractivity contribution in [2.45, 2.75) is 20.3 Å². The molecule has 2 rings (SSSR count). The van der Waals surface area contributed by atoms with Crippen LogP contribution >= 0.6 is 15.9 Å². The van der Waals surface area contributed by atoms with Crippen LogP contribution < -0.4 is 10.6 Å². The lowest BCUT2D eigenvalue weighted by Crippen LogP contribution is -2.15. The summed E-state index contributed by atoms with van der Waals surface area (Å²) in [7, 11) is 0. The van der Waals surface area contributed by atoms with E-state index in [9.17, 15) is 14.0 Å². The summed E-state index contributed by atoms with van der Waals surface area (Å²) in [5, 5.41) is 5.48. The van der Waals surface area contributed by atoms with E-state index in [4.69, 9.17) is 0 Å². The zero-order valence-corrected chi connectivity index (χ0v) is 14.3. The van der Waals surface area contributed by atoms with Gasteiger partial charge in [-0.3, -0.25) is 9.59 Å². The van der Waals surface area contributed by atoms with E-state index in [1.807, 2.05) is 13.0 Å². The van der Waals surface area contributed by atoms with Crippen LogP contribution in [0.5, 0.6) is 0 Å². The third-order valence-electron chi connectivity index (χ3n) is 3.18. The molecule has 0 aliphatic heterocycles. The van der Waals surface area contributed by atoms with Crippen molar-refractivity contribution in [3.8, 4) is 0 Å². The summed E-state index contributed by atoms with van der Waals surface area (Å²) in [6, 6.07) is 9.75. The molecule has 0 aliphatic carbocycles. The Bertz CT molecular complexity index is 762. The minimum absolute atomic E-state index is 0.128. The minimum Gasteiger partial charge on any atom is -0.326 e. The van der Waals surface area contributed by atoms with Crippen LogP contribution in [0.4, 0.5) is 15.8 Å². The second kappa shape index (κ2) is 7.37. The molecule has 0 aromatic heterocycles. The average Bonchev–Trinajstić information content (AvgIpc) is 2.46. The van der Waals surface area contributed by atoms with Crippen LogP contribution in [0.25, 0.3) is 0 Å². The van der Waals surface area contributed by atoms with E-state index < -0.39 is 0 Å². The van der Waals surface area contributed by atoms with Gasteiger partial charge in [-0.05, 0) is 58.2 Å². The minimum atomic E-state index is -0.368. The molecule has 2 amide bonds. The first-order chi connectivity index (χ1) is 10.8. The number of carbonyl (C=O) groups excluding carboxylic acids is 2. The maximum Gasteiger partial charge on any atom is 0.228 e. The molecule has 6 heteroatoms. The molecule has 2 N–H and O–H groups in total. The lowest BCUT2D eigenvalue weighted by molar-refractivity contribution is -0.116. The second-order valence-corrected chi connectivity index (χ2v) is 6.04. The molecule has 0 aliphatic rings. The van der Waals surface area contributed by atoms with Crippen molar-refractivity contribution in [1.82, 2.24) is 0 Å². The summed E-state index contributed by atoms with van der Waals surface area (Å²) in [5.74, 6) is -0.762. The van der Waals surface area contributed by atoms with Crippen LogP contribution in [-0.2, 0) is 16.0 Å². The molecule has 2 aromatic rings. The van der Waals surface area contributed by atoms with Gasteiger partial charge in [-0.2, -0.15) is 0 Å². The molecular formula is C17H16BrFN2O2. The molecule has 0 fully saturated rings. The smallest absolute Gasteiger partial charge is 0.228 e. The first-order valence-corrected chi connectivity index (χ1v) is 7.76. The number of carbonyl (C=O) groups is 2. The van der Waals surface area contributed by atoms with E-state index in [0.717, 1.165) is 5.56 Å². The number of halogens is 2. The van der Waals surface area contributed by atoms with Gasteiger partial charge in [0.2, 0.25) is 11.8 Å². The van der Waals surface area contributed by atoms with E-state index in [1.165, 1.54) is 13.0 Å². The molecule has 120 valence electrons. The highest BCUT2D eigenvalue weighted by molar-refractivity contribution is 9.10. The van der Waals surface area contributed by atoms with Gasteiger partial charge < -0.3 is 10.6 Å². The lowest BCUT2D eigenvalue weighted by atomic mass is 10.1. The number of nitrogens with one attached hydrogen (secondary N) is 2. The Morgan fingerprint density at radius 2 is 1.87 bits per heavy atom. The molecule has 2 aromatic carbocycles. The SMILES string of the molecule is CC(=O)Nc1ccc(C)c(NC(=O)Cc2ccc(F)c(Br)c2)c1. The number of amides is 2. The van der Waals surface area contributed by atoms with Crippen molar-refractivity contribution in [2.24, 2.45) is 0 Å². The molecule has 0 saturated carbocycles. The maximum atomic E-state index is 13.2. The summed E-state index contributed by atoms with van der Waals surface area (Å²) in [6.45, 7) is 3.28. The normalized spacial score (nSPS) is 10.3. The van der Waals surface area contributed by atoms with Crippen molar-refractivity contribution in [2.75, 3.05) is 10.6 Å². The van der Waals surface area contributed by atoms with Gasteiger partial charge in [-0.1, -0.05) is 12.1 Å². The molecule has 23 heavy (non-hydrogen) atoms. The monoisotopic (exact) mass is 378 g/mol. The molecule has 0 bridgehead atoms. The van der Waals surface area contributed by atoms with Crippen molar-refractivity contribution in [1.29, 1.82) is 0 Å². The highest BCUT2D eigenvalue weighted by atomic mass is 79.9. The van der Waals surface area contributed by atoms with Gasteiger partial charge in [-0.25, -0.2) is 4.39 Å². The van der Waals surface area contributed by atoms with Gasteiger partial charge in [0, 0.05) is 18.3 Å². The second-order valence-electron chi connectivity index (χ2n) is 5.18. The molecule has 0 saturated heterocycles. The zero-order chi connectivity index (χ0) is 17.0. The van der Waals surface area contributed by atoms with Crippen molar-refractivity contribution >= 4 is 39.1 Å². The van der Waals surface area contributed by atoms with Crippen LogP contribution in [0, 0.1) is 12.7 Å². The van der Waals surface area contributed by atoms with Crippen molar-refractivity contribution in [3.05, 3.63) is 57.8 Å². The number of hydrogen-bond donors (Lipinski definition) is 2. The predicted octanol–water partition coefficient (Wildman–Crippen LogP) is 4.04. The van der Waals surface area contributed by atoms with E-state index >= 15 is 0 Å². The van der Waals surface area contributed by atoms with Crippen LogP contribution in [-0.4, -0.2) is 11.8 Å². The number of hydrogen-bond acceptors (Lipinski definition) is 2. The van der Waals surface area contributed by atoms with E-state index in [2.05, 4.69) is 26.6 Å². The summed E-state index contributed by atoms with van der Waals surface area (Å²) in [4.78, 5) is 23.3. The highest BCUT2D eigenvalue weighted by Crippen LogP contribution is 2.21. The number of rotatable bonds is 4. The van der Waals surface area contributed by atoms with Gasteiger partial charge in [-0.15, -0.1) is 0 Å². The number of benzene rings is 2. The zero-order valence-electron chi connectivity index (χ0n) is 12.7. The van der Waals surface area contributed by atoms with Crippen LogP contribution in [0.2, 0.25) is 0 Å². The Morgan fingerprint density at radius 3 is 2.52 bits per heavy atom. The number of aryl methyl sites for hydroxylation is 1. The van der Waals surface area contributed by atoms with Gasteiger partial charge >= 0.3 is 0 Å². The fourth-order valence-corrected chi connectivity index (χ4v) is 2.49. The molecule has 0 spiro atoms. The summed E-state index contributed by atoms with van der Waals surface area (Å²) >= 11 is 3.10. The van der Waals surface area contributed by atoms with Gasteiger partial charge in [0.05, 0.1) is 10.9 Å². The fourth-order valence-electron chi connectivity index (χ4n) is 2.07. The molecule has 4 nitrogen and oxygen atoms in total. The maximum absolute atomic E-state index is 13.2. The third kappa shape index (κ3) is 4.89. The lowest BCUT2D eigenvalue weighted by Gasteiger charge is -2.11. The highest BCUT2D eigenvalue weighted by Gasteiger charge is 2.09. The van der Waals surface area contributed by atoms with Crippen LogP contribution in [0.3, 0.4) is 0 Å². The molecule has 0 unspecified atom stereocenters. The molecule has 0 radical (unpaired) electrons. The molecular weight excluding hydrogens is 363 g/mol. The van der Waals surface area contributed by atoms with Gasteiger partial charge in [0.15, 0.2) is 0 Å². The largest absolute Gasteiger partial charge is 0.326 e.